The van der Waals surface area contributed by atoms with Crippen LogP contribution in [0.15, 0.2) is 46.4 Å². The van der Waals surface area contributed by atoms with Crippen LogP contribution in [-0.4, -0.2) is 31.6 Å². The fourth-order valence-corrected chi connectivity index (χ4v) is 3.42. The lowest BCUT2D eigenvalue weighted by Crippen LogP contribution is -2.54. The number of imide groups is 2. The van der Waals surface area contributed by atoms with E-state index in [0.717, 1.165) is 16.9 Å². The highest BCUT2D eigenvalue weighted by Crippen LogP contribution is 2.35. The average molecular weight is 483 g/mol. The highest BCUT2D eigenvalue weighted by molar-refractivity contribution is 9.10. The number of carbonyl (C=O) groups excluding carboxylic acids is 3. The van der Waals surface area contributed by atoms with Crippen LogP contribution in [0.3, 0.4) is 0 Å². The largest absolute Gasteiger partial charge is 0.493 e. The van der Waals surface area contributed by atoms with Crippen molar-refractivity contribution in [3.05, 3.63) is 57.6 Å². The summed E-state index contributed by atoms with van der Waals surface area (Å²) in [7, 11) is 1.46. The first-order chi connectivity index (χ1) is 14.9. The van der Waals surface area contributed by atoms with Gasteiger partial charge in [-0.3, -0.25) is 14.9 Å². The van der Waals surface area contributed by atoms with Crippen LogP contribution in [0.4, 0.5) is 10.5 Å². The van der Waals surface area contributed by atoms with Crippen molar-refractivity contribution in [1.82, 2.24) is 5.32 Å². The van der Waals surface area contributed by atoms with E-state index in [2.05, 4.69) is 27.2 Å². The molecule has 1 heterocycles. The lowest BCUT2D eigenvalue weighted by atomic mass is 10.1. The predicted molar refractivity (Wildman–Crippen MR) is 120 cm³/mol. The SMILES string of the molecule is C#CCOc1cc(Br)c(/C=C2/C(=O)NC(=O)N(c3ccc(CC)cc3)C2=O)cc1OC. The minimum Gasteiger partial charge on any atom is -0.493 e. The van der Waals surface area contributed by atoms with Crippen LogP contribution >= 0.6 is 15.9 Å². The third kappa shape index (κ3) is 4.62. The molecule has 1 N–H and O–H groups in total. The first kappa shape index (κ1) is 22.1. The number of ether oxygens (including phenoxy) is 2. The van der Waals surface area contributed by atoms with Gasteiger partial charge in [0.2, 0.25) is 0 Å². The Morgan fingerprint density at radius 3 is 2.48 bits per heavy atom. The molecular weight excluding hydrogens is 464 g/mol. The van der Waals surface area contributed by atoms with Crippen LogP contribution in [-0.2, 0) is 16.0 Å². The second-order valence-electron chi connectivity index (χ2n) is 6.50. The van der Waals surface area contributed by atoms with Gasteiger partial charge in [-0.15, -0.1) is 6.42 Å². The number of rotatable bonds is 6. The smallest absolute Gasteiger partial charge is 0.335 e. The summed E-state index contributed by atoms with van der Waals surface area (Å²) in [6.45, 7) is 2.06. The number of amides is 4. The summed E-state index contributed by atoms with van der Waals surface area (Å²) in [5.74, 6) is 1.64. The fourth-order valence-electron chi connectivity index (χ4n) is 2.98. The lowest BCUT2D eigenvalue weighted by Gasteiger charge is -2.26. The van der Waals surface area contributed by atoms with Crippen LogP contribution < -0.4 is 19.7 Å². The molecule has 4 amide bonds. The monoisotopic (exact) mass is 482 g/mol. The summed E-state index contributed by atoms with van der Waals surface area (Å²) in [5, 5.41) is 2.21. The lowest BCUT2D eigenvalue weighted by molar-refractivity contribution is -0.122. The Balaban J connectivity index is 2.00. The molecule has 1 saturated heterocycles. The van der Waals surface area contributed by atoms with Gasteiger partial charge in [0.25, 0.3) is 11.8 Å². The highest BCUT2D eigenvalue weighted by atomic mass is 79.9. The molecule has 0 spiro atoms. The van der Waals surface area contributed by atoms with Gasteiger partial charge in [-0.05, 0) is 47.9 Å². The maximum absolute atomic E-state index is 13.1. The van der Waals surface area contributed by atoms with Gasteiger partial charge in [-0.2, -0.15) is 0 Å². The molecule has 3 rings (SSSR count). The number of aryl methyl sites for hydroxylation is 1. The zero-order valence-corrected chi connectivity index (χ0v) is 18.5. The quantitative estimate of drug-likeness (QED) is 0.385. The summed E-state index contributed by atoms with van der Waals surface area (Å²) in [5.41, 5.74) is 1.72. The number of methoxy groups -OCH3 is 1. The molecule has 0 saturated carbocycles. The van der Waals surface area contributed by atoms with Gasteiger partial charge in [0, 0.05) is 4.47 Å². The zero-order valence-electron chi connectivity index (χ0n) is 16.9. The predicted octanol–water partition coefficient (Wildman–Crippen LogP) is 3.70. The van der Waals surface area contributed by atoms with Gasteiger partial charge < -0.3 is 9.47 Å². The van der Waals surface area contributed by atoms with Crippen molar-refractivity contribution in [2.45, 2.75) is 13.3 Å². The number of hydrogen-bond acceptors (Lipinski definition) is 5. The number of urea groups is 1. The van der Waals surface area contributed by atoms with E-state index >= 15 is 0 Å². The van der Waals surface area contributed by atoms with Crippen LogP contribution in [0.2, 0.25) is 0 Å². The van der Waals surface area contributed by atoms with Crippen molar-refractivity contribution in [1.29, 1.82) is 0 Å². The van der Waals surface area contributed by atoms with Gasteiger partial charge in [-0.25, -0.2) is 9.69 Å². The molecule has 2 aromatic carbocycles. The molecule has 0 aromatic heterocycles. The van der Waals surface area contributed by atoms with E-state index in [1.165, 1.54) is 13.2 Å². The van der Waals surface area contributed by atoms with Crippen LogP contribution in [0.25, 0.3) is 6.08 Å². The van der Waals surface area contributed by atoms with Gasteiger partial charge in [0.05, 0.1) is 12.8 Å². The number of carbonyl (C=O) groups is 3. The van der Waals surface area contributed by atoms with E-state index in [1.54, 1.807) is 24.3 Å². The molecule has 0 bridgehead atoms. The number of anilines is 1. The second-order valence-corrected chi connectivity index (χ2v) is 7.35. The topological polar surface area (TPSA) is 84.9 Å². The van der Waals surface area contributed by atoms with Crippen molar-refractivity contribution in [2.24, 2.45) is 0 Å². The summed E-state index contributed by atoms with van der Waals surface area (Å²) in [6, 6.07) is 9.41. The Morgan fingerprint density at radius 1 is 1.16 bits per heavy atom. The summed E-state index contributed by atoms with van der Waals surface area (Å²) in [4.78, 5) is 38.8. The Hall–Kier alpha value is -3.57. The standard InChI is InChI=1S/C23H19BrN2O5/c1-4-10-31-20-13-18(24)15(12-19(20)30-3)11-17-21(27)25-23(29)26(22(17)28)16-8-6-14(5-2)7-9-16/h1,6-9,11-13H,5,10H2,2-3H3,(H,25,27,29)/b17-11-. The summed E-state index contributed by atoms with van der Waals surface area (Å²) >= 11 is 3.40. The molecule has 0 aliphatic carbocycles. The molecule has 0 atom stereocenters. The van der Waals surface area contributed by atoms with E-state index in [0.29, 0.717) is 27.2 Å². The number of nitrogens with zero attached hydrogens (tertiary/aromatic N) is 1. The van der Waals surface area contributed by atoms with E-state index < -0.39 is 17.8 Å². The Bertz CT molecular complexity index is 1120. The third-order valence-corrected chi connectivity index (χ3v) is 5.29. The average Bonchev–Trinajstić information content (AvgIpc) is 2.76. The van der Waals surface area contributed by atoms with E-state index in [-0.39, 0.29) is 12.2 Å². The van der Waals surface area contributed by atoms with Crippen molar-refractivity contribution in [3.63, 3.8) is 0 Å². The van der Waals surface area contributed by atoms with Crippen molar-refractivity contribution >= 4 is 45.5 Å². The van der Waals surface area contributed by atoms with Gasteiger partial charge in [0.15, 0.2) is 11.5 Å². The van der Waals surface area contributed by atoms with Gasteiger partial charge >= 0.3 is 6.03 Å². The van der Waals surface area contributed by atoms with Gasteiger partial charge in [0.1, 0.15) is 12.2 Å². The fraction of sp³-hybridized carbons (Fsp3) is 0.174. The maximum atomic E-state index is 13.1. The number of halogens is 1. The number of terminal acetylenes is 1. The molecule has 31 heavy (non-hydrogen) atoms. The van der Waals surface area contributed by atoms with E-state index in [1.807, 2.05) is 19.1 Å². The van der Waals surface area contributed by atoms with E-state index in [9.17, 15) is 14.4 Å². The number of hydrogen-bond donors (Lipinski definition) is 1. The molecule has 158 valence electrons. The molecule has 1 aliphatic rings. The van der Waals surface area contributed by atoms with Crippen molar-refractivity contribution < 1.29 is 23.9 Å². The third-order valence-electron chi connectivity index (χ3n) is 4.60. The number of benzene rings is 2. The van der Waals surface area contributed by atoms with Crippen molar-refractivity contribution in [2.75, 3.05) is 18.6 Å². The molecule has 0 unspecified atom stereocenters. The Kier molecular flexibility index (Phi) is 6.78. The minimum atomic E-state index is -0.800. The van der Waals surface area contributed by atoms with Crippen molar-refractivity contribution in [3.8, 4) is 23.8 Å². The molecular formula is C23H19BrN2O5. The molecule has 2 aromatic rings. The molecule has 7 nitrogen and oxygen atoms in total. The number of barbiturate groups is 1. The Morgan fingerprint density at radius 2 is 1.87 bits per heavy atom. The van der Waals surface area contributed by atoms with Crippen LogP contribution in [0.1, 0.15) is 18.1 Å². The summed E-state index contributed by atoms with van der Waals surface area (Å²) < 4.78 is 11.3. The van der Waals surface area contributed by atoms with Crippen LogP contribution in [0.5, 0.6) is 11.5 Å². The zero-order chi connectivity index (χ0) is 22.5. The minimum absolute atomic E-state index is 0.0536. The molecule has 8 heteroatoms. The first-order valence-corrected chi connectivity index (χ1v) is 10.1. The maximum Gasteiger partial charge on any atom is 0.335 e. The van der Waals surface area contributed by atoms with Gasteiger partial charge in [-0.1, -0.05) is 40.9 Å². The molecule has 0 radical (unpaired) electrons. The number of nitrogens with one attached hydrogen (secondary N) is 1. The van der Waals surface area contributed by atoms with E-state index in [4.69, 9.17) is 15.9 Å². The normalized spacial score (nSPS) is 15.0. The molecule has 1 fully saturated rings. The Labute approximate surface area is 188 Å². The summed E-state index contributed by atoms with van der Waals surface area (Å²) in [6.07, 6.45) is 7.43. The first-order valence-electron chi connectivity index (χ1n) is 9.33. The van der Waals surface area contributed by atoms with Crippen LogP contribution in [0, 0.1) is 12.3 Å². The second kappa shape index (κ2) is 9.49. The molecule has 1 aliphatic heterocycles. The highest BCUT2D eigenvalue weighted by Gasteiger charge is 2.37.